The summed E-state index contributed by atoms with van der Waals surface area (Å²) in [6.45, 7) is 4.88. The highest BCUT2D eigenvalue weighted by Crippen LogP contribution is 2.19. The van der Waals surface area contributed by atoms with Gasteiger partial charge in [0.05, 0.1) is 13.7 Å². The highest BCUT2D eigenvalue weighted by molar-refractivity contribution is 5.92. The Morgan fingerprint density at radius 3 is 2.60 bits per heavy atom. The van der Waals surface area contributed by atoms with Gasteiger partial charge >= 0.3 is 0 Å². The van der Waals surface area contributed by atoms with Crippen molar-refractivity contribution in [3.63, 3.8) is 0 Å². The zero-order valence-corrected chi connectivity index (χ0v) is 14.6. The average Bonchev–Trinajstić information content (AvgIpc) is 2.57. The van der Waals surface area contributed by atoms with E-state index < -0.39 is 11.6 Å². The molecule has 0 aromatic heterocycles. The largest absolute Gasteiger partial charge is 0.494 e. The average molecular weight is 348 g/mol. The van der Waals surface area contributed by atoms with Crippen molar-refractivity contribution in [3.05, 3.63) is 59.2 Å². The number of carbonyl (C=O) groups is 1. The van der Waals surface area contributed by atoms with Gasteiger partial charge in [0.1, 0.15) is 5.82 Å². The van der Waals surface area contributed by atoms with Gasteiger partial charge < -0.3 is 10.1 Å². The molecule has 0 aliphatic rings. The van der Waals surface area contributed by atoms with Crippen molar-refractivity contribution in [1.82, 2.24) is 4.90 Å². The molecule has 0 bridgehead atoms. The number of halogens is 2. The predicted octanol–water partition coefficient (Wildman–Crippen LogP) is 3.74. The topological polar surface area (TPSA) is 41.6 Å². The number of hydrogen-bond donors (Lipinski definition) is 1. The van der Waals surface area contributed by atoms with Crippen LogP contribution in [0.4, 0.5) is 14.5 Å². The van der Waals surface area contributed by atoms with E-state index in [0.717, 1.165) is 11.1 Å². The van der Waals surface area contributed by atoms with Gasteiger partial charge in [0.25, 0.3) is 0 Å². The molecule has 4 nitrogen and oxygen atoms in total. The molecule has 2 rings (SSSR count). The van der Waals surface area contributed by atoms with E-state index >= 15 is 0 Å². The molecule has 0 radical (unpaired) electrons. The highest BCUT2D eigenvalue weighted by Gasteiger charge is 2.13. The molecule has 0 saturated carbocycles. The van der Waals surface area contributed by atoms with Crippen molar-refractivity contribution in [2.75, 3.05) is 25.5 Å². The third-order valence-corrected chi connectivity index (χ3v) is 3.91. The SMILES string of the molecule is CCN(CC(=O)Nc1cc(F)ccc1C)Cc1ccc(OC)c(F)c1. The molecule has 134 valence electrons. The van der Waals surface area contributed by atoms with Crippen LogP contribution < -0.4 is 10.1 Å². The number of benzene rings is 2. The molecule has 2 aromatic rings. The minimum atomic E-state index is -0.434. The number of methoxy groups -OCH3 is 1. The quantitative estimate of drug-likeness (QED) is 0.829. The van der Waals surface area contributed by atoms with Crippen LogP contribution in [0, 0.1) is 18.6 Å². The van der Waals surface area contributed by atoms with Crippen molar-refractivity contribution in [2.24, 2.45) is 0 Å². The van der Waals surface area contributed by atoms with Crippen LogP contribution in [0.5, 0.6) is 5.75 Å². The number of anilines is 1. The summed E-state index contributed by atoms with van der Waals surface area (Å²) in [5.41, 5.74) is 1.99. The second kappa shape index (κ2) is 8.58. The summed E-state index contributed by atoms with van der Waals surface area (Å²) in [6.07, 6.45) is 0. The molecule has 0 aliphatic carbocycles. The van der Waals surface area contributed by atoms with E-state index in [1.54, 1.807) is 25.1 Å². The maximum atomic E-state index is 13.8. The molecule has 0 heterocycles. The van der Waals surface area contributed by atoms with E-state index in [9.17, 15) is 13.6 Å². The van der Waals surface area contributed by atoms with Crippen LogP contribution in [0.15, 0.2) is 36.4 Å². The van der Waals surface area contributed by atoms with Gasteiger partial charge in [-0.05, 0) is 48.9 Å². The zero-order chi connectivity index (χ0) is 18.4. The molecule has 0 unspecified atom stereocenters. The molecule has 0 aliphatic heterocycles. The normalized spacial score (nSPS) is 10.8. The Morgan fingerprint density at radius 1 is 1.20 bits per heavy atom. The molecule has 0 atom stereocenters. The monoisotopic (exact) mass is 348 g/mol. The number of nitrogens with one attached hydrogen (secondary N) is 1. The molecule has 1 amide bonds. The molecule has 25 heavy (non-hydrogen) atoms. The predicted molar refractivity (Wildman–Crippen MR) is 93.7 cm³/mol. The zero-order valence-electron chi connectivity index (χ0n) is 14.6. The molecule has 0 fully saturated rings. The van der Waals surface area contributed by atoms with E-state index in [0.29, 0.717) is 18.8 Å². The van der Waals surface area contributed by atoms with E-state index in [1.807, 2.05) is 11.8 Å². The number of aryl methyl sites for hydroxylation is 1. The second-order valence-electron chi connectivity index (χ2n) is 5.78. The van der Waals surface area contributed by atoms with Crippen molar-refractivity contribution >= 4 is 11.6 Å². The first kappa shape index (κ1) is 18.9. The minimum Gasteiger partial charge on any atom is -0.494 e. The first-order valence-corrected chi connectivity index (χ1v) is 8.03. The number of likely N-dealkylation sites (N-methyl/N-ethyl adjacent to an activating group) is 1. The van der Waals surface area contributed by atoms with Gasteiger partial charge in [-0.2, -0.15) is 0 Å². The summed E-state index contributed by atoms with van der Waals surface area (Å²) in [6, 6.07) is 8.98. The van der Waals surface area contributed by atoms with Gasteiger partial charge in [-0.15, -0.1) is 0 Å². The fourth-order valence-corrected chi connectivity index (χ4v) is 2.47. The van der Waals surface area contributed by atoms with Gasteiger partial charge in [-0.25, -0.2) is 8.78 Å². The molecule has 0 spiro atoms. The second-order valence-corrected chi connectivity index (χ2v) is 5.78. The molecule has 6 heteroatoms. The molecule has 2 aromatic carbocycles. The molecular weight excluding hydrogens is 326 g/mol. The van der Waals surface area contributed by atoms with Crippen LogP contribution in [0.25, 0.3) is 0 Å². The van der Waals surface area contributed by atoms with Crippen molar-refractivity contribution in [1.29, 1.82) is 0 Å². The summed E-state index contributed by atoms with van der Waals surface area (Å²) < 4.78 is 32.0. The Hall–Kier alpha value is -2.47. The van der Waals surface area contributed by atoms with Gasteiger partial charge in [0, 0.05) is 12.2 Å². The standard InChI is InChI=1S/C19H22F2N2O2/c1-4-23(11-14-6-8-18(25-3)16(21)9-14)12-19(24)22-17-10-15(20)7-5-13(17)2/h5-10H,4,11-12H2,1-3H3,(H,22,24). The van der Waals surface area contributed by atoms with E-state index in [-0.39, 0.29) is 18.2 Å². The number of carbonyl (C=O) groups excluding carboxylic acids is 1. The van der Waals surface area contributed by atoms with Crippen LogP contribution in [-0.4, -0.2) is 31.0 Å². The van der Waals surface area contributed by atoms with Gasteiger partial charge in [0.2, 0.25) is 5.91 Å². The number of rotatable bonds is 7. The van der Waals surface area contributed by atoms with Crippen LogP contribution in [-0.2, 0) is 11.3 Å². The third kappa shape index (κ3) is 5.26. The maximum absolute atomic E-state index is 13.8. The van der Waals surface area contributed by atoms with E-state index in [1.165, 1.54) is 25.3 Å². The molecule has 0 saturated heterocycles. The number of ether oxygens (including phenoxy) is 1. The lowest BCUT2D eigenvalue weighted by Crippen LogP contribution is -2.33. The summed E-state index contributed by atoms with van der Waals surface area (Å²) in [5, 5.41) is 2.72. The van der Waals surface area contributed by atoms with E-state index in [2.05, 4.69) is 5.32 Å². The number of nitrogens with zero attached hydrogens (tertiary/aromatic N) is 1. The highest BCUT2D eigenvalue weighted by atomic mass is 19.1. The van der Waals surface area contributed by atoms with Gasteiger partial charge in [-0.1, -0.05) is 19.1 Å². The summed E-state index contributed by atoms with van der Waals surface area (Å²) in [4.78, 5) is 14.1. The fourth-order valence-electron chi connectivity index (χ4n) is 2.47. The van der Waals surface area contributed by atoms with Crippen LogP contribution in [0.1, 0.15) is 18.1 Å². The Balaban J connectivity index is 2.00. The summed E-state index contributed by atoms with van der Waals surface area (Å²) in [7, 11) is 1.41. The smallest absolute Gasteiger partial charge is 0.238 e. The van der Waals surface area contributed by atoms with Gasteiger partial charge in [0.15, 0.2) is 11.6 Å². The van der Waals surface area contributed by atoms with E-state index in [4.69, 9.17) is 4.74 Å². The van der Waals surface area contributed by atoms with Crippen LogP contribution in [0.3, 0.4) is 0 Å². The lowest BCUT2D eigenvalue weighted by Gasteiger charge is -2.20. The van der Waals surface area contributed by atoms with Crippen LogP contribution >= 0.6 is 0 Å². The minimum absolute atomic E-state index is 0.125. The number of amides is 1. The lowest BCUT2D eigenvalue weighted by atomic mass is 10.2. The van der Waals surface area contributed by atoms with Gasteiger partial charge in [-0.3, -0.25) is 9.69 Å². The van der Waals surface area contributed by atoms with Crippen molar-refractivity contribution in [2.45, 2.75) is 20.4 Å². The van der Waals surface area contributed by atoms with Crippen molar-refractivity contribution < 1.29 is 18.3 Å². The Morgan fingerprint density at radius 2 is 1.96 bits per heavy atom. The first-order chi connectivity index (χ1) is 11.9. The maximum Gasteiger partial charge on any atom is 0.238 e. The summed E-state index contributed by atoms with van der Waals surface area (Å²) >= 11 is 0. The van der Waals surface area contributed by atoms with Crippen molar-refractivity contribution in [3.8, 4) is 5.75 Å². The first-order valence-electron chi connectivity index (χ1n) is 8.03. The molecular formula is C19H22F2N2O2. The molecule has 1 N–H and O–H groups in total. The Bertz CT molecular complexity index is 750. The number of hydrogen-bond acceptors (Lipinski definition) is 3. The Kier molecular flexibility index (Phi) is 6.47. The van der Waals surface area contributed by atoms with Crippen LogP contribution in [0.2, 0.25) is 0 Å². The summed E-state index contributed by atoms with van der Waals surface area (Å²) in [5.74, 6) is -0.895. The third-order valence-electron chi connectivity index (χ3n) is 3.91. The Labute approximate surface area is 146 Å². The fraction of sp³-hybridized carbons (Fsp3) is 0.316. The lowest BCUT2D eigenvalue weighted by molar-refractivity contribution is -0.117.